The van der Waals surface area contributed by atoms with Gasteiger partial charge in [-0.3, -0.25) is 9.78 Å². The first-order valence-corrected chi connectivity index (χ1v) is 10.3. The zero-order chi connectivity index (χ0) is 22.5. The molecule has 0 aliphatic heterocycles. The van der Waals surface area contributed by atoms with Gasteiger partial charge in [0.05, 0.1) is 35.4 Å². The van der Waals surface area contributed by atoms with Gasteiger partial charge in [0.25, 0.3) is 0 Å². The number of nitrogens with one attached hydrogen (secondary N) is 1. The molecule has 6 heteroatoms. The maximum atomic E-state index is 12.6. The van der Waals surface area contributed by atoms with Crippen LogP contribution in [-0.2, 0) is 11.2 Å². The van der Waals surface area contributed by atoms with Crippen molar-refractivity contribution in [1.29, 1.82) is 0 Å². The van der Waals surface area contributed by atoms with E-state index in [0.717, 1.165) is 45.7 Å². The summed E-state index contributed by atoms with van der Waals surface area (Å²) in [5, 5.41) is 3.37. The maximum absolute atomic E-state index is 12.6. The summed E-state index contributed by atoms with van der Waals surface area (Å²) in [5.74, 6) is -0.830. The van der Waals surface area contributed by atoms with Gasteiger partial charge in [-0.2, -0.15) is 0 Å². The minimum atomic E-state index is -0.476. The second kappa shape index (κ2) is 9.43. The SMILES string of the molecule is CCOC(=O)c1cc(C)cc(CC)c1Nc1cnc(-c2cccc(C(N)=O)c2)c(C)c1. The average Bonchev–Trinajstić information content (AvgIpc) is 2.75. The lowest BCUT2D eigenvalue weighted by molar-refractivity contribution is 0.0527. The van der Waals surface area contributed by atoms with Crippen molar-refractivity contribution in [3.8, 4) is 11.3 Å². The second-order valence-electron chi connectivity index (χ2n) is 7.38. The largest absolute Gasteiger partial charge is 0.462 e. The van der Waals surface area contributed by atoms with Gasteiger partial charge < -0.3 is 15.8 Å². The van der Waals surface area contributed by atoms with Crippen LogP contribution in [-0.4, -0.2) is 23.5 Å². The number of anilines is 2. The number of aromatic nitrogens is 1. The number of ether oxygens (including phenoxy) is 1. The molecule has 0 aliphatic carbocycles. The van der Waals surface area contributed by atoms with Gasteiger partial charge in [0.15, 0.2) is 0 Å². The van der Waals surface area contributed by atoms with Crippen LogP contribution in [0.3, 0.4) is 0 Å². The highest BCUT2D eigenvalue weighted by Crippen LogP contribution is 2.30. The smallest absolute Gasteiger partial charge is 0.340 e. The van der Waals surface area contributed by atoms with Crippen LogP contribution < -0.4 is 11.1 Å². The maximum Gasteiger partial charge on any atom is 0.340 e. The number of aryl methyl sites for hydroxylation is 3. The van der Waals surface area contributed by atoms with Crippen molar-refractivity contribution < 1.29 is 14.3 Å². The van der Waals surface area contributed by atoms with Gasteiger partial charge >= 0.3 is 5.97 Å². The van der Waals surface area contributed by atoms with Crippen LogP contribution in [0.2, 0.25) is 0 Å². The Morgan fingerprint density at radius 2 is 1.87 bits per heavy atom. The summed E-state index contributed by atoms with van der Waals surface area (Å²) in [6, 6.07) is 13.0. The molecule has 1 amide bonds. The molecular formula is C25H27N3O3. The van der Waals surface area contributed by atoms with Crippen molar-refractivity contribution in [2.45, 2.75) is 34.1 Å². The number of amides is 1. The zero-order valence-electron chi connectivity index (χ0n) is 18.3. The number of nitrogens with two attached hydrogens (primary N) is 1. The number of carbonyl (C=O) groups excluding carboxylic acids is 2. The number of rotatable bonds is 7. The van der Waals surface area contributed by atoms with E-state index in [-0.39, 0.29) is 5.97 Å². The molecule has 3 rings (SSSR count). The number of hydrogen-bond acceptors (Lipinski definition) is 5. The van der Waals surface area contributed by atoms with E-state index in [2.05, 4.69) is 16.4 Å². The lowest BCUT2D eigenvalue weighted by Gasteiger charge is -2.17. The number of benzene rings is 2. The number of esters is 1. The van der Waals surface area contributed by atoms with E-state index in [0.29, 0.717) is 17.7 Å². The molecule has 0 aliphatic rings. The third kappa shape index (κ3) is 4.91. The Balaban J connectivity index is 1.99. The molecule has 6 nitrogen and oxygen atoms in total. The fourth-order valence-electron chi connectivity index (χ4n) is 3.57. The molecule has 0 bridgehead atoms. The summed E-state index contributed by atoms with van der Waals surface area (Å²) < 4.78 is 5.26. The predicted octanol–water partition coefficient (Wildman–Crippen LogP) is 4.95. The van der Waals surface area contributed by atoms with Gasteiger partial charge in [-0.05, 0) is 68.1 Å². The van der Waals surface area contributed by atoms with Crippen molar-refractivity contribution in [1.82, 2.24) is 4.98 Å². The highest BCUT2D eigenvalue weighted by atomic mass is 16.5. The van der Waals surface area contributed by atoms with Crippen molar-refractivity contribution in [2.75, 3.05) is 11.9 Å². The molecule has 0 radical (unpaired) electrons. The van der Waals surface area contributed by atoms with Gasteiger partial charge in [0, 0.05) is 11.1 Å². The van der Waals surface area contributed by atoms with E-state index in [1.807, 2.05) is 39.0 Å². The third-order valence-electron chi connectivity index (χ3n) is 5.01. The Morgan fingerprint density at radius 3 is 2.52 bits per heavy atom. The molecule has 31 heavy (non-hydrogen) atoms. The Bertz CT molecular complexity index is 1140. The highest BCUT2D eigenvalue weighted by molar-refractivity contribution is 5.98. The number of carbonyl (C=O) groups is 2. The van der Waals surface area contributed by atoms with Crippen molar-refractivity contribution >= 4 is 23.3 Å². The Kier molecular flexibility index (Phi) is 6.70. The molecule has 1 heterocycles. The summed E-state index contributed by atoms with van der Waals surface area (Å²) in [6.07, 6.45) is 2.48. The number of primary amides is 1. The minimum absolute atomic E-state index is 0.313. The summed E-state index contributed by atoms with van der Waals surface area (Å²) in [6.45, 7) is 8.07. The zero-order valence-corrected chi connectivity index (χ0v) is 18.3. The number of nitrogens with zero attached hydrogens (tertiary/aromatic N) is 1. The normalized spacial score (nSPS) is 10.6. The lowest BCUT2D eigenvalue weighted by Crippen LogP contribution is -2.11. The molecule has 0 unspecified atom stereocenters. The molecule has 1 aromatic heterocycles. The Hall–Kier alpha value is -3.67. The minimum Gasteiger partial charge on any atom is -0.462 e. The van der Waals surface area contributed by atoms with Crippen LogP contribution in [0.4, 0.5) is 11.4 Å². The fraction of sp³-hybridized carbons (Fsp3) is 0.240. The van der Waals surface area contributed by atoms with E-state index in [9.17, 15) is 9.59 Å². The number of pyridine rings is 1. The molecule has 2 aromatic carbocycles. The molecule has 0 saturated heterocycles. The van der Waals surface area contributed by atoms with Crippen LogP contribution >= 0.6 is 0 Å². The second-order valence-corrected chi connectivity index (χ2v) is 7.38. The summed E-state index contributed by atoms with van der Waals surface area (Å²) >= 11 is 0. The highest BCUT2D eigenvalue weighted by Gasteiger charge is 2.17. The first-order chi connectivity index (χ1) is 14.8. The van der Waals surface area contributed by atoms with E-state index >= 15 is 0 Å². The summed E-state index contributed by atoms with van der Waals surface area (Å²) in [7, 11) is 0. The predicted molar refractivity (Wildman–Crippen MR) is 123 cm³/mol. The van der Waals surface area contributed by atoms with Gasteiger partial charge in [0.2, 0.25) is 5.91 Å². The first kappa shape index (κ1) is 22.0. The Labute approximate surface area is 182 Å². The molecule has 0 atom stereocenters. The van der Waals surface area contributed by atoms with Crippen molar-refractivity contribution in [2.24, 2.45) is 5.73 Å². The molecule has 0 spiro atoms. The van der Waals surface area contributed by atoms with Gasteiger partial charge in [-0.15, -0.1) is 0 Å². The summed E-state index contributed by atoms with van der Waals surface area (Å²) in [5.41, 5.74) is 12.4. The first-order valence-electron chi connectivity index (χ1n) is 10.3. The monoisotopic (exact) mass is 417 g/mol. The summed E-state index contributed by atoms with van der Waals surface area (Å²) in [4.78, 5) is 28.7. The molecular weight excluding hydrogens is 390 g/mol. The quantitative estimate of drug-likeness (QED) is 0.531. The molecule has 0 saturated carbocycles. The van der Waals surface area contributed by atoms with Gasteiger partial charge in [0.1, 0.15) is 0 Å². The molecule has 3 N–H and O–H groups in total. The molecule has 0 fully saturated rings. The number of hydrogen-bond donors (Lipinski definition) is 2. The van der Waals surface area contributed by atoms with Crippen LogP contribution in [0.1, 0.15) is 51.3 Å². The van der Waals surface area contributed by atoms with Gasteiger partial charge in [-0.1, -0.05) is 25.1 Å². The molecule has 160 valence electrons. The van der Waals surface area contributed by atoms with Crippen LogP contribution in [0, 0.1) is 13.8 Å². The third-order valence-corrected chi connectivity index (χ3v) is 5.01. The van der Waals surface area contributed by atoms with Crippen LogP contribution in [0.25, 0.3) is 11.3 Å². The van der Waals surface area contributed by atoms with Crippen LogP contribution in [0.15, 0.2) is 48.7 Å². The topological polar surface area (TPSA) is 94.3 Å². The van der Waals surface area contributed by atoms with Crippen molar-refractivity contribution in [3.63, 3.8) is 0 Å². The standard InChI is InChI=1S/C25H27N3O3/c1-5-17-10-15(3)11-21(25(30)31-6-2)23(17)28-20-12-16(4)22(27-14-20)18-8-7-9-19(13-18)24(26)29/h7-14,28H,5-6H2,1-4H3,(H2,26,29). The van der Waals surface area contributed by atoms with E-state index in [4.69, 9.17) is 10.5 Å². The fourth-order valence-corrected chi connectivity index (χ4v) is 3.57. The Morgan fingerprint density at radius 1 is 1.10 bits per heavy atom. The molecule has 3 aromatic rings. The van der Waals surface area contributed by atoms with Gasteiger partial charge in [-0.25, -0.2) is 4.79 Å². The van der Waals surface area contributed by atoms with E-state index in [1.54, 1.807) is 31.3 Å². The van der Waals surface area contributed by atoms with Crippen LogP contribution in [0.5, 0.6) is 0 Å². The average molecular weight is 418 g/mol. The van der Waals surface area contributed by atoms with E-state index < -0.39 is 5.91 Å². The lowest BCUT2D eigenvalue weighted by atomic mass is 10.0. The van der Waals surface area contributed by atoms with E-state index in [1.165, 1.54) is 0 Å². The van der Waals surface area contributed by atoms with Crippen molar-refractivity contribution in [3.05, 3.63) is 76.5 Å².